The number of nitrogens with zero attached hydrogens (tertiary/aromatic N) is 1. The van der Waals surface area contributed by atoms with Crippen LogP contribution in [0.4, 0.5) is 5.69 Å². The molecule has 0 atom stereocenters. The lowest BCUT2D eigenvalue weighted by molar-refractivity contribution is 0.0981. The molecule has 102 valence electrons. The number of aromatic amines is 1. The van der Waals surface area contributed by atoms with Crippen molar-refractivity contribution in [1.82, 2.24) is 4.98 Å². The van der Waals surface area contributed by atoms with Crippen molar-refractivity contribution in [2.24, 2.45) is 0 Å². The van der Waals surface area contributed by atoms with E-state index in [0.717, 1.165) is 18.5 Å². The molecule has 1 amide bonds. The monoisotopic (exact) mass is 268 g/mol. The van der Waals surface area contributed by atoms with E-state index in [-0.39, 0.29) is 11.7 Å². The Balaban J connectivity index is 1.93. The van der Waals surface area contributed by atoms with E-state index in [1.54, 1.807) is 17.0 Å². The maximum absolute atomic E-state index is 12.6. The van der Waals surface area contributed by atoms with Gasteiger partial charge in [0.25, 0.3) is 5.91 Å². The number of anilines is 1. The highest BCUT2D eigenvalue weighted by molar-refractivity contribution is 6.06. The molecule has 2 aromatic rings. The number of rotatable bonds is 2. The van der Waals surface area contributed by atoms with E-state index in [4.69, 9.17) is 0 Å². The van der Waals surface area contributed by atoms with Gasteiger partial charge >= 0.3 is 0 Å². The van der Waals surface area contributed by atoms with Gasteiger partial charge in [-0.15, -0.1) is 0 Å². The summed E-state index contributed by atoms with van der Waals surface area (Å²) in [5, 5.41) is 0. The van der Waals surface area contributed by atoms with Crippen LogP contribution in [0.1, 0.15) is 39.9 Å². The summed E-state index contributed by atoms with van der Waals surface area (Å²) in [6, 6.07) is 11.3. The van der Waals surface area contributed by atoms with E-state index >= 15 is 0 Å². The van der Waals surface area contributed by atoms with Crippen LogP contribution >= 0.6 is 0 Å². The third-order valence-corrected chi connectivity index (χ3v) is 3.65. The smallest absolute Gasteiger partial charge is 0.274 e. The minimum Gasteiger partial charge on any atom is -0.348 e. The molecule has 1 aliphatic heterocycles. The minimum atomic E-state index is -0.0790. The lowest BCUT2D eigenvalue weighted by Crippen LogP contribution is -2.35. The van der Waals surface area contributed by atoms with Crippen molar-refractivity contribution in [2.45, 2.75) is 19.8 Å². The first-order valence-corrected chi connectivity index (χ1v) is 6.76. The summed E-state index contributed by atoms with van der Waals surface area (Å²) in [5.41, 5.74) is 3.11. The molecular formula is C16H16N2O2. The average Bonchev–Trinajstić information content (AvgIpc) is 2.96. The Morgan fingerprint density at radius 3 is 2.60 bits per heavy atom. The predicted molar refractivity (Wildman–Crippen MR) is 77.2 cm³/mol. The van der Waals surface area contributed by atoms with E-state index in [1.165, 1.54) is 12.5 Å². The van der Waals surface area contributed by atoms with Gasteiger partial charge in [0.15, 0.2) is 5.78 Å². The summed E-state index contributed by atoms with van der Waals surface area (Å²) in [4.78, 5) is 28.6. The molecule has 4 nitrogen and oxygen atoms in total. The van der Waals surface area contributed by atoms with Crippen LogP contribution in [-0.4, -0.2) is 23.2 Å². The van der Waals surface area contributed by atoms with Crippen LogP contribution in [-0.2, 0) is 6.42 Å². The average molecular weight is 268 g/mol. The summed E-state index contributed by atoms with van der Waals surface area (Å²) < 4.78 is 0. The maximum atomic E-state index is 12.6. The number of para-hydroxylation sites is 1. The van der Waals surface area contributed by atoms with Gasteiger partial charge in [-0.25, -0.2) is 0 Å². The number of benzene rings is 1. The summed E-state index contributed by atoms with van der Waals surface area (Å²) in [6.45, 7) is 2.19. The summed E-state index contributed by atoms with van der Waals surface area (Å²) in [5.74, 6) is -0.146. The number of Topliss-reactive ketones (excluding diaryl/α,β-unsaturated/α-hetero) is 1. The molecule has 20 heavy (non-hydrogen) atoms. The zero-order valence-electron chi connectivity index (χ0n) is 11.3. The number of H-pyrrole nitrogens is 1. The first-order valence-electron chi connectivity index (χ1n) is 6.76. The van der Waals surface area contributed by atoms with Crippen LogP contribution in [0.25, 0.3) is 0 Å². The molecule has 0 spiro atoms. The highest BCUT2D eigenvalue weighted by atomic mass is 16.2. The molecule has 1 aromatic carbocycles. The van der Waals surface area contributed by atoms with Crippen LogP contribution < -0.4 is 4.90 Å². The van der Waals surface area contributed by atoms with Crippen molar-refractivity contribution in [2.75, 3.05) is 11.4 Å². The third kappa shape index (κ3) is 2.13. The van der Waals surface area contributed by atoms with Crippen molar-refractivity contribution in [1.29, 1.82) is 0 Å². The fourth-order valence-corrected chi connectivity index (χ4v) is 2.62. The molecule has 0 unspecified atom stereocenters. The van der Waals surface area contributed by atoms with Crippen LogP contribution in [0.3, 0.4) is 0 Å². The van der Waals surface area contributed by atoms with E-state index < -0.39 is 0 Å². The van der Waals surface area contributed by atoms with E-state index in [9.17, 15) is 9.59 Å². The molecular weight excluding hydrogens is 252 g/mol. The SMILES string of the molecule is CC(=O)c1ccc(C(=O)N2CCCc3ccccc32)[nH]1. The normalized spacial score (nSPS) is 13.9. The Bertz CT molecular complexity index is 673. The Hall–Kier alpha value is -2.36. The predicted octanol–water partition coefficient (Wildman–Crippen LogP) is 2.81. The molecule has 2 heterocycles. The summed E-state index contributed by atoms with van der Waals surface area (Å²) in [7, 11) is 0. The number of aromatic nitrogens is 1. The molecule has 0 radical (unpaired) electrons. The molecule has 1 aliphatic rings. The number of carbonyl (C=O) groups excluding carboxylic acids is 2. The summed E-state index contributed by atoms with van der Waals surface area (Å²) in [6.07, 6.45) is 1.96. The lowest BCUT2D eigenvalue weighted by Gasteiger charge is -2.29. The Kier molecular flexibility index (Phi) is 3.14. The molecule has 1 aromatic heterocycles. The van der Waals surface area contributed by atoms with Crippen LogP contribution in [0.15, 0.2) is 36.4 Å². The van der Waals surface area contributed by atoms with Crippen molar-refractivity contribution >= 4 is 17.4 Å². The highest BCUT2D eigenvalue weighted by Gasteiger charge is 2.24. The molecule has 0 saturated carbocycles. The van der Waals surface area contributed by atoms with Crippen LogP contribution in [0.2, 0.25) is 0 Å². The quantitative estimate of drug-likeness (QED) is 0.851. The fraction of sp³-hybridized carbons (Fsp3) is 0.250. The second-order valence-electron chi connectivity index (χ2n) is 5.03. The fourth-order valence-electron chi connectivity index (χ4n) is 2.62. The molecule has 3 rings (SSSR count). The van der Waals surface area contributed by atoms with Crippen molar-refractivity contribution in [3.05, 3.63) is 53.3 Å². The maximum Gasteiger partial charge on any atom is 0.274 e. The topological polar surface area (TPSA) is 53.2 Å². The van der Waals surface area contributed by atoms with Crippen LogP contribution in [0, 0.1) is 0 Å². The lowest BCUT2D eigenvalue weighted by atomic mass is 10.0. The number of hydrogen-bond acceptors (Lipinski definition) is 2. The van der Waals surface area contributed by atoms with Gasteiger partial charge in [0.2, 0.25) is 0 Å². The van der Waals surface area contributed by atoms with Crippen LogP contribution in [0.5, 0.6) is 0 Å². The number of carbonyl (C=O) groups is 2. The second kappa shape index (κ2) is 4.96. The number of nitrogens with one attached hydrogen (secondary N) is 1. The highest BCUT2D eigenvalue weighted by Crippen LogP contribution is 2.27. The van der Waals surface area contributed by atoms with E-state index in [0.29, 0.717) is 17.9 Å². The number of hydrogen-bond donors (Lipinski definition) is 1. The Morgan fingerprint density at radius 2 is 1.85 bits per heavy atom. The zero-order chi connectivity index (χ0) is 14.1. The number of amides is 1. The molecule has 0 saturated heterocycles. The van der Waals surface area contributed by atoms with Gasteiger partial charge in [-0.2, -0.15) is 0 Å². The van der Waals surface area contributed by atoms with Gasteiger partial charge in [0.1, 0.15) is 5.69 Å². The molecule has 4 heteroatoms. The first kappa shape index (κ1) is 12.7. The van der Waals surface area contributed by atoms with Crippen molar-refractivity contribution in [3.8, 4) is 0 Å². The standard InChI is InChI=1S/C16H16N2O2/c1-11(19)13-8-9-14(17-13)16(20)18-10-4-6-12-5-2-3-7-15(12)18/h2-3,5,7-9,17H,4,6,10H2,1H3. The van der Waals surface area contributed by atoms with E-state index in [2.05, 4.69) is 11.1 Å². The minimum absolute atomic E-state index is 0.0666. The molecule has 0 bridgehead atoms. The molecule has 0 aliphatic carbocycles. The van der Waals surface area contributed by atoms with Crippen molar-refractivity contribution < 1.29 is 9.59 Å². The molecule has 1 N–H and O–H groups in total. The zero-order valence-corrected chi connectivity index (χ0v) is 11.3. The van der Waals surface area contributed by atoms with Gasteiger partial charge in [-0.05, 0) is 36.6 Å². The van der Waals surface area contributed by atoms with Gasteiger partial charge in [0, 0.05) is 19.2 Å². The Labute approximate surface area is 117 Å². The van der Waals surface area contributed by atoms with Gasteiger partial charge in [-0.3, -0.25) is 9.59 Å². The van der Waals surface area contributed by atoms with Crippen molar-refractivity contribution in [3.63, 3.8) is 0 Å². The van der Waals surface area contributed by atoms with Gasteiger partial charge in [0.05, 0.1) is 5.69 Å². The molecule has 0 fully saturated rings. The van der Waals surface area contributed by atoms with Gasteiger partial charge < -0.3 is 9.88 Å². The van der Waals surface area contributed by atoms with E-state index in [1.807, 2.05) is 18.2 Å². The number of fused-ring (bicyclic) bond motifs is 1. The summed E-state index contributed by atoms with van der Waals surface area (Å²) >= 11 is 0. The third-order valence-electron chi connectivity index (χ3n) is 3.65. The number of aryl methyl sites for hydroxylation is 1. The Morgan fingerprint density at radius 1 is 1.10 bits per heavy atom. The largest absolute Gasteiger partial charge is 0.348 e. The number of ketones is 1. The first-order chi connectivity index (χ1) is 9.66. The van der Waals surface area contributed by atoms with Gasteiger partial charge in [-0.1, -0.05) is 18.2 Å². The second-order valence-corrected chi connectivity index (χ2v) is 5.03.